The van der Waals surface area contributed by atoms with Gasteiger partial charge in [-0.3, -0.25) is 9.59 Å². The summed E-state index contributed by atoms with van der Waals surface area (Å²) in [6, 6.07) is 7.29. The van der Waals surface area contributed by atoms with E-state index in [0.29, 0.717) is 0 Å². The van der Waals surface area contributed by atoms with Gasteiger partial charge in [-0.1, -0.05) is 0 Å². The first-order chi connectivity index (χ1) is 8.72. The van der Waals surface area contributed by atoms with Crippen LogP contribution in [-0.2, 0) is 9.59 Å². The van der Waals surface area contributed by atoms with Crippen molar-refractivity contribution in [3.8, 4) is 0 Å². The molecular formula is C14H16N2O2. The molecule has 1 aromatic carbocycles. The van der Waals surface area contributed by atoms with E-state index >= 15 is 0 Å². The minimum Gasteiger partial charge on any atom is -0.326 e. The summed E-state index contributed by atoms with van der Waals surface area (Å²) in [5, 5.41) is 5.74. The predicted molar refractivity (Wildman–Crippen MR) is 69.1 cm³/mol. The molecule has 4 nitrogen and oxygen atoms in total. The molecule has 0 bridgehead atoms. The van der Waals surface area contributed by atoms with Gasteiger partial charge in [0.2, 0.25) is 11.8 Å². The van der Waals surface area contributed by atoms with Gasteiger partial charge in [-0.05, 0) is 49.9 Å². The van der Waals surface area contributed by atoms with E-state index in [0.717, 1.165) is 37.1 Å². The van der Waals surface area contributed by atoms with Crippen LogP contribution in [0.2, 0.25) is 0 Å². The number of benzene rings is 1. The SMILES string of the molecule is O=C(Nc1ccc(NC(=O)C2CC2)cc1)C1CC1. The van der Waals surface area contributed by atoms with Gasteiger partial charge in [0.15, 0.2) is 0 Å². The third kappa shape index (κ3) is 2.70. The first-order valence-electron chi connectivity index (χ1n) is 6.44. The summed E-state index contributed by atoms with van der Waals surface area (Å²) in [4.78, 5) is 23.1. The first-order valence-corrected chi connectivity index (χ1v) is 6.44. The number of nitrogens with one attached hydrogen (secondary N) is 2. The highest BCUT2D eigenvalue weighted by molar-refractivity contribution is 5.96. The van der Waals surface area contributed by atoms with E-state index < -0.39 is 0 Å². The predicted octanol–water partition coefficient (Wildman–Crippen LogP) is 2.38. The molecule has 2 fully saturated rings. The monoisotopic (exact) mass is 244 g/mol. The summed E-state index contributed by atoms with van der Waals surface area (Å²) in [7, 11) is 0. The summed E-state index contributed by atoms with van der Waals surface area (Å²) in [5.74, 6) is 0.619. The molecule has 0 spiro atoms. The van der Waals surface area contributed by atoms with E-state index in [1.165, 1.54) is 0 Å². The van der Waals surface area contributed by atoms with Crippen LogP contribution in [0.15, 0.2) is 24.3 Å². The van der Waals surface area contributed by atoms with Crippen molar-refractivity contribution >= 4 is 23.2 Å². The lowest BCUT2D eigenvalue weighted by atomic mass is 10.2. The molecule has 2 aliphatic carbocycles. The summed E-state index contributed by atoms with van der Waals surface area (Å²) in [6.45, 7) is 0. The number of hydrogen-bond donors (Lipinski definition) is 2. The number of anilines is 2. The molecule has 0 aliphatic heterocycles. The van der Waals surface area contributed by atoms with Crippen LogP contribution in [0.25, 0.3) is 0 Å². The van der Waals surface area contributed by atoms with E-state index in [2.05, 4.69) is 10.6 Å². The molecule has 2 aliphatic rings. The maximum atomic E-state index is 11.6. The van der Waals surface area contributed by atoms with Gasteiger partial charge < -0.3 is 10.6 Å². The van der Waals surface area contributed by atoms with E-state index in [1.807, 2.05) is 24.3 Å². The Balaban J connectivity index is 1.57. The van der Waals surface area contributed by atoms with Gasteiger partial charge >= 0.3 is 0 Å². The van der Waals surface area contributed by atoms with Gasteiger partial charge in [0.05, 0.1) is 0 Å². The highest BCUT2D eigenvalue weighted by atomic mass is 16.2. The van der Waals surface area contributed by atoms with Crippen LogP contribution >= 0.6 is 0 Å². The van der Waals surface area contributed by atoms with Crippen molar-refractivity contribution in [2.24, 2.45) is 11.8 Å². The molecule has 2 amide bonds. The second-order valence-corrected chi connectivity index (χ2v) is 5.10. The number of hydrogen-bond acceptors (Lipinski definition) is 2. The van der Waals surface area contributed by atoms with Crippen LogP contribution < -0.4 is 10.6 Å². The highest BCUT2D eigenvalue weighted by Gasteiger charge is 2.30. The van der Waals surface area contributed by atoms with Crippen molar-refractivity contribution in [1.29, 1.82) is 0 Å². The molecular weight excluding hydrogens is 228 g/mol. The Bertz CT molecular complexity index is 428. The molecule has 94 valence electrons. The number of amides is 2. The van der Waals surface area contributed by atoms with Gasteiger partial charge in [-0.15, -0.1) is 0 Å². The Morgan fingerprint density at radius 3 is 1.39 bits per heavy atom. The largest absolute Gasteiger partial charge is 0.326 e. The lowest BCUT2D eigenvalue weighted by Gasteiger charge is -2.07. The molecule has 0 aromatic heterocycles. The molecule has 0 heterocycles. The maximum Gasteiger partial charge on any atom is 0.227 e. The summed E-state index contributed by atoms with van der Waals surface area (Å²) in [5.41, 5.74) is 1.58. The average Bonchev–Trinajstić information content (AvgIpc) is 3.22. The van der Waals surface area contributed by atoms with Gasteiger partial charge in [0.1, 0.15) is 0 Å². The fourth-order valence-corrected chi connectivity index (χ4v) is 1.82. The molecule has 0 atom stereocenters. The lowest BCUT2D eigenvalue weighted by Crippen LogP contribution is -2.14. The Morgan fingerprint density at radius 2 is 1.11 bits per heavy atom. The number of rotatable bonds is 4. The van der Waals surface area contributed by atoms with Crippen molar-refractivity contribution in [1.82, 2.24) is 0 Å². The van der Waals surface area contributed by atoms with E-state index in [4.69, 9.17) is 0 Å². The van der Waals surface area contributed by atoms with Gasteiger partial charge in [-0.2, -0.15) is 0 Å². The van der Waals surface area contributed by atoms with Crippen molar-refractivity contribution in [2.45, 2.75) is 25.7 Å². The summed E-state index contributed by atoms with van der Waals surface area (Å²) >= 11 is 0. The quantitative estimate of drug-likeness (QED) is 0.854. The Kier molecular flexibility index (Phi) is 2.78. The topological polar surface area (TPSA) is 58.2 Å². The van der Waals surface area contributed by atoms with Crippen molar-refractivity contribution < 1.29 is 9.59 Å². The van der Waals surface area contributed by atoms with Crippen LogP contribution in [0.3, 0.4) is 0 Å². The zero-order valence-corrected chi connectivity index (χ0v) is 10.1. The zero-order chi connectivity index (χ0) is 12.5. The van der Waals surface area contributed by atoms with E-state index in [9.17, 15) is 9.59 Å². The molecule has 1 aromatic rings. The molecule has 0 radical (unpaired) electrons. The smallest absolute Gasteiger partial charge is 0.227 e. The molecule has 0 unspecified atom stereocenters. The second kappa shape index (κ2) is 4.44. The van der Waals surface area contributed by atoms with Crippen LogP contribution in [0.1, 0.15) is 25.7 Å². The zero-order valence-electron chi connectivity index (χ0n) is 10.1. The Hall–Kier alpha value is -1.84. The van der Waals surface area contributed by atoms with Crippen LogP contribution in [-0.4, -0.2) is 11.8 Å². The van der Waals surface area contributed by atoms with Crippen LogP contribution in [0.4, 0.5) is 11.4 Å². The van der Waals surface area contributed by atoms with Gasteiger partial charge in [-0.25, -0.2) is 0 Å². The van der Waals surface area contributed by atoms with Crippen molar-refractivity contribution in [3.63, 3.8) is 0 Å². The molecule has 3 rings (SSSR count). The van der Waals surface area contributed by atoms with Gasteiger partial charge in [0, 0.05) is 23.2 Å². The standard InChI is InChI=1S/C14H16N2O2/c17-13(9-1-2-9)15-11-5-7-12(8-6-11)16-14(18)10-3-4-10/h5-10H,1-4H2,(H,15,17)(H,16,18). The van der Waals surface area contributed by atoms with E-state index in [1.54, 1.807) is 0 Å². The Morgan fingerprint density at radius 1 is 0.778 bits per heavy atom. The highest BCUT2D eigenvalue weighted by Crippen LogP contribution is 2.31. The first kappa shape index (κ1) is 11.3. The number of carbonyl (C=O) groups is 2. The minimum absolute atomic E-state index is 0.102. The normalized spacial score (nSPS) is 18.2. The molecule has 2 saturated carbocycles. The Labute approximate surface area is 106 Å². The van der Waals surface area contributed by atoms with Crippen LogP contribution in [0, 0.1) is 11.8 Å². The van der Waals surface area contributed by atoms with Crippen molar-refractivity contribution in [3.05, 3.63) is 24.3 Å². The third-order valence-electron chi connectivity index (χ3n) is 3.32. The fraction of sp³-hybridized carbons (Fsp3) is 0.429. The van der Waals surface area contributed by atoms with Gasteiger partial charge in [0.25, 0.3) is 0 Å². The maximum absolute atomic E-state index is 11.6. The van der Waals surface area contributed by atoms with Crippen LogP contribution in [0.5, 0.6) is 0 Å². The molecule has 4 heteroatoms. The summed E-state index contributed by atoms with van der Waals surface area (Å²) < 4.78 is 0. The third-order valence-corrected chi connectivity index (χ3v) is 3.32. The minimum atomic E-state index is 0.102. The fourth-order valence-electron chi connectivity index (χ4n) is 1.82. The summed E-state index contributed by atoms with van der Waals surface area (Å²) in [6.07, 6.45) is 4.01. The molecule has 18 heavy (non-hydrogen) atoms. The van der Waals surface area contributed by atoms with E-state index in [-0.39, 0.29) is 23.7 Å². The molecule has 0 saturated heterocycles. The average molecular weight is 244 g/mol. The van der Waals surface area contributed by atoms with Crippen molar-refractivity contribution in [2.75, 3.05) is 10.6 Å². The second-order valence-electron chi connectivity index (χ2n) is 5.10. The number of carbonyl (C=O) groups excluding carboxylic acids is 2. The molecule has 2 N–H and O–H groups in total. The lowest BCUT2D eigenvalue weighted by molar-refractivity contribution is -0.118.